The van der Waals surface area contributed by atoms with Crippen LogP contribution in [0.3, 0.4) is 0 Å². The molecule has 0 fully saturated rings. The van der Waals surface area contributed by atoms with Gasteiger partial charge in [0.25, 0.3) is 10.0 Å². The van der Waals surface area contributed by atoms with Crippen LogP contribution in [0.4, 0.5) is 10.1 Å². The quantitative estimate of drug-likeness (QED) is 0.810. The first kappa shape index (κ1) is 16.0. The third-order valence-electron chi connectivity index (χ3n) is 3.10. The lowest BCUT2D eigenvalue weighted by Gasteiger charge is -2.24. The van der Waals surface area contributed by atoms with E-state index in [0.29, 0.717) is 15.7 Å². The number of rotatable bonds is 4. The number of halogens is 2. The zero-order valence-corrected chi connectivity index (χ0v) is 14.1. The van der Waals surface area contributed by atoms with Gasteiger partial charge in [0.05, 0.1) is 10.6 Å². The molecule has 0 saturated carbocycles. The number of benzene rings is 2. The summed E-state index contributed by atoms with van der Waals surface area (Å²) >= 11 is 3.28. The van der Waals surface area contributed by atoms with Crippen LogP contribution in [0.2, 0.25) is 0 Å². The minimum absolute atomic E-state index is 0.211. The highest BCUT2D eigenvalue weighted by molar-refractivity contribution is 9.10. The Balaban J connectivity index is 2.57. The van der Waals surface area contributed by atoms with Gasteiger partial charge in [-0.3, -0.25) is 4.31 Å². The zero-order valence-electron chi connectivity index (χ0n) is 11.7. The van der Waals surface area contributed by atoms with Crippen molar-refractivity contribution in [3.05, 3.63) is 58.3 Å². The molecule has 0 N–H and O–H groups in total. The first-order valence-electron chi connectivity index (χ1n) is 6.40. The van der Waals surface area contributed by atoms with Crippen LogP contribution >= 0.6 is 15.9 Å². The standard InChI is InChI=1S/C15H15BrFNO2S/c1-3-18(14-6-4-5-13(17)10-14)21(19,20)15-9-12(16)8-7-11(15)2/h4-10H,3H2,1-2H3. The molecule has 112 valence electrons. The maximum absolute atomic E-state index is 13.4. The summed E-state index contributed by atoms with van der Waals surface area (Å²) in [6, 6.07) is 10.7. The number of sulfonamides is 1. The van der Waals surface area contributed by atoms with Crippen LogP contribution in [-0.2, 0) is 10.0 Å². The van der Waals surface area contributed by atoms with Crippen LogP contribution in [0.15, 0.2) is 51.8 Å². The second-order valence-electron chi connectivity index (χ2n) is 4.56. The highest BCUT2D eigenvalue weighted by atomic mass is 79.9. The van der Waals surface area contributed by atoms with E-state index in [1.165, 1.54) is 22.5 Å². The van der Waals surface area contributed by atoms with E-state index in [1.807, 2.05) is 0 Å². The molecule has 2 rings (SSSR count). The van der Waals surface area contributed by atoms with Crippen LogP contribution in [0.1, 0.15) is 12.5 Å². The molecule has 6 heteroatoms. The third-order valence-corrected chi connectivity index (χ3v) is 5.64. The molecule has 0 aliphatic heterocycles. The molecule has 0 saturated heterocycles. The van der Waals surface area contributed by atoms with E-state index in [4.69, 9.17) is 0 Å². The fraction of sp³-hybridized carbons (Fsp3) is 0.200. The van der Waals surface area contributed by atoms with Crippen molar-refractivity contribution in [2.75, 3.05) is 10.8 Å². The molecule has 0 aromatic heterocycles. The maximum Gasteiger partial charge on any atom is 0.264 e. The van der Waals surface area contributed by atoms with Crippen LogP contribution in [0.25, 0.3) is 0 Å². The van der Waals surface area contributed by atoms with Crippen molar-refractivity contribution < 1.29 is 12.8 Å². The summed E-state index contributed by atoms with van der Waals surface area (Å²) in [5.74, 6) is -0.466. The monoisotopic (exact) mass is 371 g/mol. The van der Waals surface area contributed by atoms with Gasteiger partial charge in [-0.25, -0.2) is 12.8 Å². The molecule has 0 heterocycles. The van der Waals surface area contributed by atoms with E-state index < -0.39 is 15.8 Å². The lowest BCUT2D eigenvalue weighted by Crippen LogP contribution is -2.31. The highest BCUT2D eigenvalue weighted by Gasteiger charge is 2.25. The van der Waals surface area contributed by atoms with E-state index >= 15 is 0 Å². The first-order chi connectivity index (χ1) is 9.86. The van der Waals surface area contributed by atoms with Crippen molar-refractivity contribution in [1.82, 2.24) is 0 Å². The summed E-state index contributed by atoms with van der Waals surface area (Å²) < 4.78 is 40.9. The van der Waals surface area contributed by atoms with Crippen LogP contribution in [0, 0.1) is 12.7 Å². The van der Waals surface area contributed by atoms with Gasteiger partial charge in [-0.1, -0.05) is 28.1 Å². The van der Waals surface area contributed by atoms with Crippen molar-refractivity contribution in [2.45, 2.75) is 18.7 Å². The Labute approximate surface area is 132 Å². The van der Waals surface area contributed by atoms with Crippen molar-refractivity contribution in [1.29, 1.82) is 0 Å². The normalized spacial score (nSPS) is 11.4. The molecule has 0 amide bonds. The zero-order chi connectivity index (χ0) is 15.6. The molecule has 2 aromatic carbocycles. The predicted molar refractivity (Wildman–Crippen MR) is 85.5 cm³/mol. The number of hydrogen-bond donors (Lipinski definition) is 0. The molecule has 0 spiro atoms. The second kappa shape index (κ2) is 6.15. The number of nitrogens with zero attached hydrogens (tertiary/aromatic N) is 1. The van der Waals surface area contributed by atoms with Crippen molar-refractivity contribution in [3.8, 4) is 0 Å². The molecular formula is C15H15BrFNO2S. The average Bonchev–Trinajstić information content (AvgIpc) is 2.42. The van der Waals surface area contributed by atoms with Gasteiger partial charge in [-0.15, -0.1) is 0 Å². The lowest BCUT2D eigenvalue weighted by molar-refractivity contribution is 0.590. The fourth-order valence-corrected chi connectivity index (χ4v) is 4.32. The van der Waals surface area contributed by atoms with Crippen LogP contribution in [-0.4, -0.2) is 15.0 Å². The Bertz CT molecular complexity index is 762. The summed E-state index contributed by atoms with van der Waals surface area (Å²) in [6.07, 6.45) is 0. The van der Waals surface area contributed by atoms with Gasteiger partial charge in [0.1, 0.15) is 5.82 Å². The Morgan fingerprint density at radius 3 is 2.52 bits per heavy atom. The molecule has 0 aliphatic rings. The Morgan fingerprint density at radius 1 is 1.19 bits per heavy atom. The summed E-state index contributed by atoms with van der Waals surface area (Å²) in [6.45, 7) is 3.67. The SMILES string of the molecule is CCN(c1cccc(F)c1)S(=O)(=O)c1cc(Br)ccc1C. The fourth-order valence-electron chi connectivity index (χ4n) is 2.09. The van der Waals surface area contributed by atoms with Crippen LogP contribution < -0.4 is 4.31 Å². The Morgan fingerprint density at radius 2 is 1.90 bits per heavy atom. The number of aryl methyl sites for hydroxylation is 1. The molecule has 0 atom stereocenters. The van der Waals surface area contributed by atoms with Gasteiger partial charge in [0, 0.05) is 11.0 Å². The second-order valence-corrected chi connectivity index (χ2v) is 7.31. The van der Waals surface area contributed by atoms with Gasteiger partial charge in [-0.2, -0.15) is 0 Å². The minimum atomic E-state index is -3.74. The van der Waals surface area contributed by atoms with E-state index in [1.54, 1.807) is 38.1 Å². The first-order valence-corrected chi connectivity index (χ1v) is 8.64. The summed E-state index contributed by atoms with van der Waals surface area (Å²) in [4.78, 5) is 0.211. The van der Waals surface area contributed by atoms with Crippen molar-refractivity contribution in [2.24, 2.45) is 0 Å². The summed E-state index contributed by atoms with van der Waals surface area (Å²) in [5.41, 5.74) is 0.963. The van der Waals surface area contributed by atoms with E-state index in [-0.39, 0.29) is 11.4 Å². The van der Waals surface area contributed by atoms with Gasteiger partial charge < -0.3 is 0 Å². The van der Waals surface area contributed by atoms with E-state index in [0.717, 1.165) is 0 Å². The summed E-state index contributed by atoms with van der Waals surface area (Å²) in [5, 5.41) is 0. The number of anilines is 1. The van der Waals surface area contributed by atoms with Crippen LogP contribution in [0.5, 0.6) is 0 Å². The largest absolute Gasteiger partial charge is 0.267 e. The number of hydrogen-bond acceptors (Lipinski definition) is 2. The Hall–Kier alpha value is -1.40. The molecule has 21 heavy (non-hydrogen) atoms. The summed E-state index contributed by atoms with van der Waals surface area (Å²) in [7, 11) is -3.74. The topological polar surface area (TPSA) is 37.4 Å². The molecule has 0 unspecified atom stereocenters. The molecule has 2 aromatic rings. The third kappa shape index (κ3) is 3.27. The van der Waals surface area contributed by atoms with E-state index in [2.05, 4.69) is 15.9 Å². The van der Waals surface area contributed by atoms with E-state index in [9.17, 15) is 12.8 Å². The molecule has 0 radical (unpaired) electrons. The smallest absolute Gasteiger partial charge is 0.264 e. The highest BCUT2D eigenvalue weighted by Crippen LogP contribution is 2.28. The molecule has 0 bridgehead atoms. The minimum Gasteiger partial charge on any atom is -0.267 e. The van der Waals surface area contributed by atoms with Gasteiger partial charge >= 0.3 is 0 Å². The molecule has 3 nitrogen and oxygen atoms in total. The predicted octanol–water partition coefficient (Wildman–Crippen LogP) is 4.11. The molecular weight excluding hydrogens is 357 g/mol. The van der Waals surface area contributed by atoms with Gasteiger partial charge in [-0.05, 0) is 49.7 Å². The van der Waals surface area contributed by atoms with Gasteiger partial charge in [0.15, 0.2) is 0 Å². The van der Waals surface area contributed by atoms with Crippen molar-refractivity contribution >= 4 is 31.6 Å². The maximum atomic E-state index is 13.4. The molecule has 0 aliphatic carbocycles. The average molecular weight is 372 g/mol. The Kier molecular flexibility index (Phi) is 4.68. The lowest BCUT2D eigenvalue weighted by atomic mass is 10.2. The van der Waals surface area contributed by atoms with Crippen molar-refractivity contribution in [3.63, 3.8) is 0 Å². The van der Waals surface area contributed by atoms with Gasteiger partial charge in [0.2, 0.25) is 0 Å².